The van der Waals surface area contributed by atoms with E-state index >= 15 is 0 Å². The first-order valence-electron chi connectivity index (χ1n) is 6.17. The lowest BCUT2D eigenvalue weighted by molar-refractivity contribution is 0.183. The SMILES string of the molecule is N=c1nc(N)c2ncc(C=Cc3ccccc3)n(O)c-2n1. The zero-order valence-electron chi connectivity index (χ0n) is 10.9. The minimum atomic E-state index is -0.270. The van der Waals surface area contributed by atoms with Crippen molar-refractivity contribution in [1.82, 2.24) is 19.7 Å². The molecule has 0 spiro atoms. The van der Waals surface area contributed by atoms with Gasteiger partial charge in [-0.05, 0) is 11.6 Å². The van der Waals surface area contributed by atoms with Crippen LogP contribution in [0, 0.1) is 5.41 Å². The summed E-state index contributed by atoms with van der Waals surface area (Å²) in [5.41, 5.74) is 7.06. The van der Waals surface area contributed by atoms with Gasteiger partial charge in [-0.2, -0.15) is 14.7 Å². The Hall–Kier alpha value is -3.22. The van der Waals surface area contributed by atoms with Crippen LogP contribution in [0.2, 0.25) is 0 Å². The molecule has 1 aromatic rings. The molecule has 2 aliphatic heterocycles. The average Bonchev–Trinajstić information content (AvgIpc) is 2.48. The molecular formula is C14H12N6O. The van der Waals surface area contributed by atoms with Crippen LogP contribution >= 0.6 is 0 Å². The Balaban J connectivity index is 2.09. The maximum atomic E-state index is 10.2. The van der Waals surface area contributed by atoms with E-state index in [0.717, 1.165) is 10.3 Å². The van der Waals surface area contributed by atoms with Gasteiger partial charge in [0.2, 0.25) is 11.4 Å². The normalized spacial score (nSPS) is 11.2. The van der Waals surface area contributed by atoms with Crippen molar-refractivity contribution >= 4 is 18.0 Å². The number of nitrogens with one attached hydrogen (secondary N) is 1. The highest BCUT2D eigenvalue weighted by Gasteiger charge is 2.16. The molecule has 2 aliphatic rings. The molecule has 0 unspecified atom stereocenters. The second-order valence-electron chi connectivity index (χ2n) is 4.34. The minimum absolute atomic E-state index is 0.0615. The van der Waals surface area contributed by atoms with Crippen molar-refractivity contribution in [1.29, 1.82) is 5.41 Å². The lowest BCUT2D eigenvalue weighted by Gasteiger charge is -2.11. The summed E-state index contributed by atoms with van der Waals surface area (Å²) in [5.74, 6) is 0.161. The first-order chi connectivity index (χ1) is 10.1. The summed E-state index contributed by atoms with van der Waals surface area (Å²) in [7, 11) is 0. The van der Waals surface area contributed by atoms with Gasteiger partial charge in [0.25, 0.3) is 0 Å². The highest BCUT2D eigenvalue weighted by atomic mass is 16.5. The molecule has 7 nitrogen and oxygen atoms in total. The van der Waals surface area contributed by atoms with Crippen LogP contribution in [0.4, 0.5) is 5.82 Å². The van der Waals surface area contributed by atoms with E-state index in [-0.39, 0.29) is 23.0 Å². The number of benzene rings is 1. The lowest BCUT2D eigenvalue weighted by atomic mass is 10.2. The zero-order valence-corrected chi connectivity index (χ0v) is 10.9. The van der Waals surface area contributed by atoms with Gasteiger partial charge in [0.15, 0.2) is 11.5 Å². The maximum absolute atomic E-state index is 10.2. The van der Waals surface area contributed by atoms with Crippen molar-refractivity contribution in [3.63, 3.8) is 0 Å². The molecule has 0 radical (unpaired) electrons. The van der Waals surface area contributed by atoms with E-state index in [1.807, 2.05) is 36.4 Å². The molecule has 0 aliphatic carbocycles. The molecule has 0 bridgehead atoms. The molecular weight excluding hydrogens is 268 g/mol. The van der Waals surface area contributed by atoms with Crippen LogP contribution in [0.25, 0.3) is 23.7 Å². The zero-order chi connectivity index (χ0) is 14.8. The fourth-order valence-corrected chi connectivity index (χ4v) is 1.90. The van der Waals surface area contributed by atoms with Gasteiger partial charge in [0.05, 0.1) is 6.20 Å². The van der Waals surface area contributed by atoms with Crippen LogP contribution in [-0.4, -0.2) is 24.9 Å². The molecule has 0 atom stereocenters. The van der Waals surface area contributed by atoms with E-state index in [9.17, 15) is 5.21 Å². The minimum Gasteiger partial charge on any atom is -0.426 e. The predicted molar refractivity (Wildman–Crippen MR) is 77.3 cm³/mol. The summed E-state index contributed by atoms with van der Waals surface area (Å²) >= 11 is 0. The Morgan fingerprint density at radius 2 is 1.90 bits per heavy atom. The van der Waals surface area contributed by atoms with E-state index in [4.69, 9.17) is 11.1 Å². The number of rotatable bonds is 2. The molecule has 0 fully saturated rings. The standard InChI is InChI=1S/C14H12N6O/c15-12-11-13(19-14(16)18-12)20(21)10(8-17-11)7-6-9-4-2-1-3-5-9/h1-8,21H,(H3,15,16,18). The van der Waals surface area contributed by atoms with Gasteiger partial charge in [-0.25, -0.2) is 4.98 Å². The molecule has 0 amide bonds. The molecule has 0 saturated heterocycles. The molecule has 104 valence electrons. The first kappa shape index (κ1) is 12.8. The van der Waals surface area contributed by atoms with Gasteiger partial charge in [0, 0.05) is 0 Å². The maximum Gasteiger partial charge on any atom is 0.246 e. The van der Waals surface area contributed by atoms with Crippen molar-refractivity contribution in [2.75, 3.05) is 5.73 Å². The van der Waals surface area contributed by atoms with Crippen molar-refractivity contribution in [2.45, 2.75) is 0 Å². The predicted octanol–water partition coefficient (Wildman–Crippen LogP) is 1.25. The van der Waals surface area contributed by atoms with Crippen molar-refractivity contribution in [2.24, 2.45) is 0 Å². The second-order valence-corrected chi connectivity index (χ2v) is 4.34. The van der Waals surface area contributed by atoms with E-state index in [2.05, 4.69) is 15.0 Å². The largest absolute Gasteiger partial charge is 0.426 e. The van der Waals surface area contributed by atoms with Gasteiger partial charge in [0.1, 0.15) is 5.69 Å². The third kappa shape index (κ3) is 2.44. The number of hydrogen-bond donors (Lipinski definition) is 3. The number of nitrogens with two attached hydrogens (primary N) is 1. The monoisotopic (exact) mass is 280 g/mol. The highest BCUT2D eigenvalue weighted by molar-refractivity contribution is 5.71. The summed E-state index contributed by atoms with van der Waals surface area (Å²) in [6.07, 6.45) is 5.00. The molecule has 1 aromatic carbocycles. The van der Waals surface area contributed by atoms with Crippen molar-refractivity contribution in [3.8, 4) is 11.5 Å². The van der Waals surface area contributed by atoms with Gasteiger partial charge in [-0.15, -0.1) is 0 Å². The van der Waals surface area contributed by atoms with Crippen LogP contribution in [0.1, 0.15) is 11.3 Å². The second kappa shape index (κ2) is 5.04. The van der Waals surface area contributed by atoms with Gasteiger partial charge >= 0.3 is 0 Å². The Kier molecular flexibility index (Phi) is 3.07. The number of aromatic nitrogens is 4. The molecule has 7 heteroatoms. The van der Waals surface area contributed by atoms with Crippen LogP contribution in [0.5, 0.6) is 0 Å². The van der Waals surface area contributed by atoms with Crippen LogP contribution in [0.15, 0.2) is 36.5 Å². The third-order valence-electron chi connectivity index (χ3n) is 2.91. The van der Waals surface area contributed by atoms with Crippen LogP contribution in [0.3, 0.4) is 0 Å². The lowest BCUT2D eigenvalue weighted by Crippen LogP contribution is -2.20. The van der Waals surface area contributed by atoms with E-state index in [1.165, 1.54) is 6.20 Å². The molecule has 2 heterocycles. The Bertz CT molecular complexity index is 840. The number of nitrogen functional groups attached to an aromatic ring is 1. The summed E-state index contributed by atoms with van der Waals surface area (Å²) in [4.78, 5) is 11.7. The van der Waals surface area contributed by atoms with Crippen LogP contribution < -0.4 is 11.4 Å². The first-order valence-corrected chi connectivity index (χ1v) is 6.17. The summed E-state index contributed by atoms with van der Waals surface area (Å²) in [6.45, 7) is 0. The molecule has 0 aromatic heterocycles. The average molecular weight is 280 g/mol. The summed E-state index contributed by atoms with van der Waals surface area (Å²) in [5, 5.41) is 17.6. The highest BCUT2D eigenvalue weighted by Crippen LogP contribution is 2.20. The van der Waals surface area contributed by atoms with Crippen molar-refractivity contribution < 1.29 is 5.21 Å². The number of hydrogen-bond acceptors (Lipinski definition) is 6. The molecule has 0 saturated carbocycles. The Labute approximate surface area is 119 Å². The number of nitrogens with zero attached hydrogens (tertiary/aromatic N) is 4. The van der Waals surface area contributed by atoms with Crippen LogP contribution in [-0.2, 0) is 0 Å². The summed E-state index contributed by atoms with van der Waals surface area (Å²) in [6, 6.07) is 9.65. The fraction of sp³-hybridized carbons (Fsp3) is 0. The fourth-order valence-electron chi connectivity index (χ4n) is 1.90. The topological polar surface area (TPSA) is 114 Å². The van der Waals surface area contributed by atoms with E-state index < -0.39 is 0 Å². The smallest absolute Gasteiger partial charge is 0.246 e. The molecule has 21 heavy (non-hydrogen) atoms. The number of fused-ring (bicyclic) bond motifs is 1. The van der Waals surface area contributed by atoms with E-state index in [1.54, 1.807) is 6.08 Å². The Morgan fingerprint density at radius 1 is 1.14 bits per heavy atom. The molecule has 3 rings (SSSR count). The number of anilines is 1. The quantitative estimate of drug-likeness (QED) is 0.611. The summed E-state index contributed by atoms with van der Waals surface area (Å²) < 4.78 is 0.845. The molecule has 4 N–H and O–H groups in total. The third-order valence-corrected chi connectivity index (χ3v) is 2.91. The van der Waals surface area contributed by atoms with E-state index in [0.29, 0.717) is 5.69 Å². The van der Waals surface area contributed by atoms with Gasteiger partial charge in [-0.1, -0.05) is 36.4 Å². The van der Waals surface area contributed by atoms with Crippen molar-refractivity contribution in [3.05, 3.63) is 53.4 Å². The Morgan fingerprint density at radius 3 is 2.67 bits per heavy atom. The van der Waals surface area contributed by atoms with Gasteiger partial charge < -0.3 is 10.9 Å². The van der Waals surface area contributed by atoms with Gasteiger partial charge in [-0.3, -0.25) is 5.41 Å².